The lowest BCUT2D eigenvalue weighted by Gasteiger charge is -2.16. The lowest BCUT2D eigenvalue weighted by molar-refractivity contribution is 0.189. The van der Waals surface area contributed by atoms with Crippen molar-refractivity contribution in [3.05, 3.63) is 48.2 Å². The highest BCUT2D eigenvalue weighted by Crippen LogP contribution is 2.21. The molecule has 134 valence electrons. The highest BCUT2D eigenvalue weighted by atomic mass is 16.5. The van der Waals surface area contributed by atoms with Crippen molar-refractivity contribution in [2.75, 3.05) is 32.1 Å². The molecule has 0 bridgehead atoms. The van der Waals surface area contributed by atoms with E-state index in [1.807, 2.05) is 27.9 Å². The maximum Gasteiger partial charge on any atom is 0.323 e. The van der Waals surface area contributed by atoms with Gasteiger partial charge in [0.25, 0.3) is 0 Å². The second-order valence-electron chi connectivity index (χ2n) is 6.53. The van der Waals surface area contributed by atoms with Gasteiger partial charge < -0.3 is 9.64 Å². The molecule has 3 rings (SSSR count). The molecule has 6 heteroatoms. The summed E-state index contributed by atoms with van der Waals surface area (Å²) in [6.07, 6.45) is 4.86. The zero-order chi connectivity index (χ0) is 17.5. The van der Waals surface area contributed by atoms with Crippen LogP contribution in [0.5, 0.6) is 0 Å². The maximum absolute atomic E-state index is 12.4. The molecule has 1 aliphatic rings. The Morgan fingerprint density at radius 1 is 1.32 bits per heavy atom. The Labute approximate surface area is 148 Å². The third-order valence-electron chi connectivity index (χ3n) is 4.55. The second-order valence-corrected chi connectivity index (χ2v) is 6.53. The van der Waals surface area contributed by atoms with E-state index in [1.165, 1.54) is 5.56 Å². The molecule has 1 aromatic heterocycles. The zero-order valence-electron chi connectivity index (χ0n) is 14.7. The number of rotatable bonds is 7. The minimum Gasteiger partial charge on any atom is -0.385 e. The summed E-state index contributed by atoms with van der Waals surface area (Å²) in [5.74, 6) is 1.13. The predicted octanol–water partition coefficient (Wildman–Crippen LogP) is 3.02. The van der Waals surface area contributed by atoms with Gasteiger partial charge in [0, 0.05) is 45.6 Å². The highest BCUT2D eigenvalue weighted by Gasteiger charge is 2.26. The van der Waals surface area contributed by atoms with Crippen LogP contribution in [0.1, 0.15) is 18.4 Å². The number of carbonyl (C=O) groups excluding carboxylic acids is 1. The Morgan fingerprint density at radius 2 is 2.16 bits per heavy atom. The summed E-state index contributed by atoms with van der Waals surface area (Å²) < 4.78 is 6.87. The van der Waals surface area contributed by atoms with E-state index in [0.717, 1.165) is 38.9 Å². The molecule has 1 atom stereocenters. The van der Waals surface area contributed by atoms with Gasteiger partial charge in [-0.25, -0.2) is 4.79 Å². The molecular weight excluding hydrogens is 316 g/mol. The molecule has 1 N–H and O–H groups in total. The Morgan fingerprint density at radius 3 is 2.96 bits per heavy atom. The molecule has 0 radical (unpaired) electrons. The number of methoxy groups -OCH3 is 1. The first kappa shape index (κ1) is 17.5. The van der Waals surface area contributed by atoms with Crippen molar-refractivity contribution in [3.63, 3.8) is 0 Å². The summed E-state index contributed by atoms with van der Waals surface area (Å²) >= 11 is 0. The quantitative estimate of drug-likeness (QED) is 0.787. The van der Waals surface area contributed by atoms with Crippen LogP contribution in [0, 0.1) is 5.92 Å². The molecule has 0 spiro atoms. The SMILES string of the molecule is COCCCn1ccc(NC(=O)N2CCC(Cc3ccccc3)C2)n1. The Bertz CT molecular complexity index is 671. The van der Waals surface area contributed by atoms with Gasteiger partial charge in [0.15, 0.2) is 5.82 Å². The normalized spacial score (nSPS) is 17.0. The van der Waals surface area contributed by atoms with Crippen LogP contribution in [-0.4, -0.2) is 47.5 Å². The average Bonchev–Trinajstić information content (AvgIpc) is 3.26. The van der Waals surface area contributed by atoms with Crippen molar-refractivity contribution in [2.24, 2.45) is 5.92 Å². The molecule has 1 fully saturated rings. The van der Waals surface area contributed by atoms with Crippen LogP contribution in [0.15, 0.2) is 42.6 Å². The number of urea groups is 1. The smallest absolute Gasteiger partial charge is 0.323 e. The molecule has 1 aromatic carbocycles. The number of likely N-dealkylation sites (tertiary alicyclic amines) is 1. The molecule has 6 nitrogen and oxygen atoms in total. The summed E-state index contributed by atoms with van der Waals surface area (Å²) in [6, 6.07) is 12.2. The van der Waals surface area contributed by atoms with Crippen molar-refractivity contribution < 1.29 is 9.53 Å². The lowest BCUT2D eigenvalue weighted by Crippen LogP contribution is -2.33. The molecular formula is C19H26N4O2. The van der Waals surface area contributed by atoms with Crippen LogP contribution in [-0.2, 0) is 17.7 Å². The summed E-state index contributed by atoms with van der Waals surface area (Å²) in [6.45, 7) is 3.10. The Kier molecular flexibility index (Phi) is 6.06. The number of nitrogens with zero attached hydrogens (tertiary/aromatic N) is 3. The minimum absolute atomic E-state index is 0.0577. The number of carbonyl (C=O) groups is 1. The van der Waals surface area contributed by atoms with Gasteiger partial charge in [0.2, 0.25) is 0 Å². The van der Waals surface area contributed by atoms with Crippen LogP contribution >= 0.6 is 0 Å². The average molecular weight is 342 g/mol. The highest BCUT2D eigenvalue weighted by molar-refractivity contribution is 5.88. The van der Waals surface area contributed by atoms with Gasteiger partial charge in [-0.05, 0) is 30.7 Å². The van der Waals surface area contributed by atoms with E-state index >= 15 is 0 Å². The third-order valence-corrected chi connectivity index (χ3v) is 4.55. The van der Waals surface area contributed by atoms with Gasteiger partial charge in [-0.3, -0.25) is 10.00 Å². The fourth-order valence-electron chi connectivity index (χ4n) is 3.24. The number of ether oxygens (including phenoxy) is 1. The van der Waals surface area contributed by atoms with Gasteiger partial charge in [-0.1, -0.05) is 30.3 Å². The number of nitrogens with one attached hydrogen (secondary N) is 1. The van der Waals surface area contributed by atoms with E-state index in [1.54, 1.807) is 7.11 Å². The van der Waals surface area contributed by atoms with E-state index in [2.05, 4.69) is 34.7 Å². The van der Waals surface area contributed by atoms with Gasteiger partial charge in [-0.2, -0.15) is 5.10 Å². The monoisotopic (exact) mass is 342 g/mol. The first-order chi connectivity index (χ1) is 12.2. The number of hydrogen-bond donors (Lipinski definition) is 1. The standard InChI is InChI=1S/C19H26N4O2/c1-25-13-5-10-23-12-9-18(21-23)20-19(24)22-11-8-17(15-22)14-16-6-3-2-4-7-16/h2-4,6-7,9,12,17H,5,8,10-11,13-15H2,1H3,(H,20,21,24). The van der Waals surface area contributed by atoms with E-state index in [0.29, 0.717) is 18.3 Å². The largest absolute Gasteiger partial charge is 0.385 e. The summed E-state index contributed by atoms with van der Waals surface area (Å²) in [5.41, 5.74) is 1.34. The van der Waals surface area contributed by atoms with Gasteiger partial charge in [0.1, 0.15) is 0 Å². The summed E-state index contributed by atoms with van der Waals surface area (Å²) in [5, 5.41) is 7.29. The van der Waals surface area contributed by atoms with Crippen molar-refractivity contribution in [1.29, 1.82) is 0 Å². The van der Waals surface area contributed by atoms with E-state index in [4.69, 9.17) is 4.74 Å². The van der Waals surface area contributed by atoms with Crippen molar-refractivity contribution in [3.8, 4) is 0 Å². The first-order valence-corrected chi connectivity index (χ1v) is 8.87. The number of aryl methyl sites for hydroxylation is 1. The minimum atomic E-state index is -0.0577. The number of benzene rings is 1. The van der Waals surface area contributed by atoms with Crippen molar-refractivity contribution in [2.45, 2.75) is 25.8 Å². The Hall–Kier alpha value is -2.34. The van der Waals surface area contributed by atoms with E-state index in [-0.39, 0.29) is 6.03 Å². The molecule has 2 heterocycles. The second kappa shape index (κ2) is 8.67. The number of hydrogen-bond acceptors (Lipinski definition) is 3. The molecule has 1 unspecified atom stereocenters. The molecule has 0 aliphatic carbocycles. The molecule has 1 aliphatic heterocycles. The molecule has 2 amide bonds. The van der Waals surface area contributed by atoms with Gasteiger partial charge in [0.05, 0.1) is 0 Å². The van der Waals surface area contributed by atoms with Crippen molar-refractivity contribution in [1.82, 2.24) is 14.7 Å². The zero-order valence-corrected chi connectivity index (χ0v) is 14.7. The van der Waals surface area contributed by atoms with Crippen LogP contribution in [0.25, 0.3) is 0 Å². The first-order valence-electron chi connectivity index (χ1n) is 8.87. The van der Waals surface area contributed by atoms with E-state index < -0.39 is 0 Å². The lowest BCUT2D eigenvalue weighted by atomic mass is 9.99. The fraction of sp³-hybridized carbons (Fsp3) is 0.474. The van der Waals surface area contributed by atoms with E-state index in [9.17, 15) is 4.79 Å². The van der Waals surface area contributed by atoms with Crippen molar-refractivity contribution >= 4 is 11.8 Å². The topological polar surface area (TPSA) is 59.4 Å². The van der Waals surface area contributed by atoms with Crippen LogP contribution in [0.4, 0.5) is 10.6 Å². The van der Waals surface area contributed by atoms with Crippen LogP contribution in [0.2, 0.25) is 0 Å². The maximum atomic E-state index is 12.4. The summed E-state index contributed by atoms with van der Waals surface area (Å²) in [7, 11) is 1.69. The summed E-state index contributed by atoms with van der Waals surface area (Å²) in [4.78, 5) is 14.3. The number of anilines is 1. The third kappa shape index (κ3) is 5.06. The molecule has 1 saturated heterocycles. The number of aromatic nitrogens is 2. The predicted molar refractivity (Wildman–Crippen MR) is 97.6 cm³/mol. The van der Waals surface area contributed by atoms with Crippen LogP contribution in [0.3, 0.4) is 0 Å². The van der Waals surface area contributed by atoms with Gasteiger partial charge >= 0.3 is 6.03 Å². The fourth-order valence-corrected chi connectivity index (χ4v) is 3.24. The molecule has 25 heavy (non-hydrogen) atoms. The number of amides is 2. The molecule has 2 aromatic rings. The van der Waals surface area contributed by atoms with Gasteiger partial charge in [-0.15, -0.1) is 0 Å². The van der Waals surface area contributed by atoms with Crippen LogP contribution < -0.4 is 5.32 Å². The molecule has 0 saturated carbocycles. The Balaban J connectivity index is 1.46.